The summed E-state index contributed by atoms with van der Waals surface area (Å²) in [5, 5.41) is 6.42. The highest BCUT2D eigenvalue weighted by atomic mass is 16.1. The number of carbonyl (C=O) groups excluding carboxylic acids is 2. The maximum Gasteiger partial charge on any atom is 0.220 e. The van der Waals surface area contributed by atoms with Gasteiger partial charge in [0.25, 0.3) is 0 Å². The molecule has 5 nitrogen and oxygen atoms in total. The second kappa shape index (κ2) is 12.4. The van der Waals surface area contributed by atoms with Crippen LogP contribution in [0.4, 0.5) is 0 Å². The smallest absolute Gasteiger partial charge is 0.220 e. The lowest BCUT2D eigenvalue weighted by molar-refractivity contribution is -0.129. The third-order valence-corrected chi connectivity index (χ3v) is 4.64. The summed E-state index contributed by atoms with van der Waals surface area (Å²) in [4.78, 5) is 24.9. The number of unbranched alkanes of at least 4 members (excludes halogenated alkanes) is 3. The van der Waals surface area contributed by atoms with Gasteiger partial charge in [-0.25, -0.2) is 0 Å². The van der Waals surface area contributed by atoms with Crippen LogP contribution in [-0.4, -0.2) is 36.4 Å². The SMILES string of the molecule is CCCCCCC(C)(C)NC(CCC(=O)NCCCN)C(=O)C(C)(C)C. The normalized spacial score (nSPS) is 13.5. The zero-order chi connectivity index (χ0) is 20.2. The highest BCUT2D eigenvalue weighted by molar-refractivity contribution is 5.89. The summed E-state index contributed by atoms with van der Waals surface area (Å²) in [7, 11) is 0. The number of carbonyl (C=O) groups is 2. The molecule has 0 heterocycles. The number of rotatable bonds is 14. The Morgan fingerprint density at radius 2 is 1.65 bits per heavy atom. The van der Waals surface area contributed by atoms with Gasteiger partial charge in [-0.15, -0.1) is 0 Å². The van der Waals surface area contributed by atoms with E-state index in [0.29, 0.717) is 25.9 Å². The van der Waals surface area contributed by atoms with E-state index >= 15 is 0 Å². The van der Waals surface area contributed by atoms with E-state index in [9.17, 15) is 9.59 Å². The molecule has 0 saturated carbocycles. The number of ketones is 1. The van der Waals surface area contributed by atoms with Gasteiger partial charge in [0.05, 0.1) is 6.04 Å². The van der Waals surface area contributed by atoms with Crippen LogP contribution in [0.15, 0.2) is 0 Å². The van der Waals surface area contributed by atoms with Crippen LogP contribution in [0.25, 0.3) is 0 Å². The zero-order valence-corrected chi connectivity index (χ0v) is 18.0. The average molecular weight is 370 g/mol. The molecule has 1 unspecified atom stereocenters. The quantitative estimate of drug-likeness (QED) is 0.409. The fourth-order valence-electron chi connectivity index (χ4n) is 3.02. The van der Waals surface area contributed by atoms with Crippen molar-refractivity contribution in [3.8, 4) is 0 Å². The number of nitrogens with one attached hydrogen (secondary N) is 2. The first-order chi connectivity index (χ1) is 12.0. The van der Waals surface area contributed by atoms with Crippen LogP contribution in [-0.2, 0) is 9.59 Å². The van der Waals surface area contributed by atoms with Crippen molar-refractivity contribution in [2.24, 2.45) is 11.1 Å². The maximum atomic E-state index is 12.9. The second-order valence-electron chi connectivity index (χ2n) is 9.04. The third-order valence-electron chi connectivity index (χ3n) is 4.64. The van der Waals surface area contributed by atoms with Crippen molar-refractivity contribution in [3.63, 3.8) is 0 Å². The molecule has 1 amide bonds. The molecule has 0 aliphatic rings. The molecule has 0 saturated heterocycles. The minimum atomic E-state index is -0.425. The van der Waals surface area contributed by atoms with Crippen LogP contribution in [0.3, 0.4) is 0 Å². The van der Waals surface area contributed by atoms with Gasteiger partial charge < -0.3 is 16.4 Å². The van der Waals surface area contributed by atoms with Crippen LogP contribution in [0, 0.1) is 5.41 Å². The molecule has 0 aromatic heterocycles. The lowest BCUT2D eigenvalue weighted by atomic mass is 9.83. The molecule has 0 spiro atoms. The molecule has 0 aliphatic heterocycles. The molecule has 1 atom stereocenters. The molecular formula is C21H43N3O2. The predicted octanol–water partition coefficient (Wildman–Crippen LogP) is 3.55. The van der Waals surface area contributed by atoms with E-state index in [0.717, 1.165) is 19.3 Å². The Morgan fingerprint density at radius 1 is 1.00 bits per heavy atom. The minimum Gasteiger partial charge on any atom is -0.356 e. The largest absolute Gasteiger partial charge is 0.356 e. The van der Waals surface area contributed by atoms with Gasteiger partial charge in [-0.1, -0.05) is 53.4 Å². The average Bonchev–Trinajstić information content (AvgIpc) is 2.54. The first kappa shape index (κ1) is 25.1. The van der Waals surface area contributed by atoms with Crippen LogP contribution in [0.1, 0.15) is 92.9 Å². The van der Waals surface area contributed by atoms with Crippen LogP contribution >= 0.6 is 0 Å². The van der Waals surface area contributed by atoms with Crippen molar-refractivity contribution in [2.75, 3.05) is 13.1 Å². The Labute approximate surface area is 161 Å². The number of Topliss-reactive ketones (excluding diaryl/α,β-unsaturated/α-hetero) is 1. The summed E-state index contributed by atoms with van der Waals surface area (Å²) in [5.41, 5.74) is 4.91. The van der Waals surface area contributed by atoms with Gasteiger partial charge >= 0.3 is 0 Å². The predicted molar refractivity (Wildman–Crippen MR) is 110 cm³/mol. The van der Waals surface area contributed by atoms with Gasteiger partial charge in [-0.3, -0.25) is 9.59 Å². The Balaban J connectivity index is 4.74. The third kappa shape index (κ3) is 11.6. The molecule has 26 heavy (non-hydrogen) atoms. The molecule has 0 aromatic rings. The molecule has 0 fully saturated rings. The number of hydrogen-bond acceptors (Lipinski definition) is 4. The van der Waals surface area contributed by atoms with E-state index in [-0.39, 0.29) is 23.3 Å². The van der Waals surface area contributed by atoms with Crippen LogP contribution < -0.4 is 16.4 Å². The van der Waals surface area contributed by atoms with Gasteiger partial charge in [0.15, 0.2) is 5.78 Å². The van der Waals surface area contributed by atoms with E-state index in [2.05, 4.69) is 31.4 Å². The summed E-state index contributed by atoms with van der Waals surface area (Å²) in [6, 6.07) is -0.295. The van der Waals surface area contributed by atoms with Gasteiger partial charge in [0.2, 0.25) is 5.91 Å². The van der Waals surface area contributed by atoms with Crippen molar-refractivity contribution in [1.29, 1.82) is 0 Å². The van der Waals surface area contributed by atoms with Gasteiger partial charge in [-0.05, 0) is 39.7 Å². The van der Waals surface area contributed by atoms with E-state index in [1.807, 2.05) is 20.8 Å². The van der Waals surface area contributed by atoms with Crippen LogP contribution in [0.2, 0.25) is 0 Å². The molecular weight excluding hydrogens is 326 g/mol. The summed E-state index contributed by atoms with van der Waals surface area (Å²) >= 11 is 0. The summed E-state index contributed by atoms with van der Waals surface area (Å²) in [6.45, 7) is 13.5. The number of hydrogen-bond donors (Lipinski definition) is 3. The monoisotopic (exact) mass is 369 g/mol. The standard InChI is InChI=1S/C21H43N3O2/c1-7-8-9-10-14-21(5,6)24-17(19(26)20(2,3)4)12-13-18(25)23-16-11-15-22/h17,24H,7-16,22H2,1-6H3,(H,23,25). The first-order valence-electron chi connectivity index (χ1n) is 10.3. The second-order valence-corrected chi connectivity index (χ2v) is 9.04. The molecule has 0 aliphatic carbocycles. The Bertz CT molecular complexity index is 414. The molecule has 0 rings (SSSR count). The minimum absolute atomic E-state index is 0.00675. The van der Waals surface area contributed by atoms with Gasteiger partial charge in [-0.2, -0.15) is 0 Å². The summed E-state index contributed by atoms with van der Waals surface area (Å²) < 4.78 is 0. The number of amides is 1. The molecule has 0 radical (unpaired) electrons. The van der Waals surface area contributed by atoms with Crippen molar-refractivity contribution in [2.45, 2.75) is 104 Å². The maximum absolute atomic E-state index is 12.9. The Morgan fingerprint density at radius 3 is 2.19 bits per heavy atom. The molecule has 4 N–H and O–H groups in total. The van der Waals surface area contributed by atoms with Gasteiger partial charge in [0, 0.05) is 23.9 Å². The molecule has 5 heteroatoms. The van der Waals surface area contributed by atoms with E-state index in [1.54, 1.807) is 0 Å². The van der Waals surface area contributed by atoms with Crippen molar-refractivity contribution in [3.05, 3.63) is 0 Å². The van der Waals surface area contributed by atoms with Crippen LogP contribution in [0.5, 0.6) is 0 Å². The first-order valence-corrected chi connectivity index (χ1v) is 10.3. The van der Waals surface area contributed by atoms with Crippen molar-refractivity contribution in [1.82, 2.24) is 10.6 Å². The fraction of sp³-hybridized carbons (Fsp3) is 0.905. The molecule has 0 aromatic carbocycles. The van der Waals surface area contributed by atoms with Crippen molar-refractivity contribution >= 4 is 11.7 Å². The van der Waals surface area contributed by atoms with Gasteiger partial charge in [0.1, 0.15) is 0 Å². The topological polar surface area (TPSA) is 84.2 Å². The molecule has 154 valence electrons. The van der Waals surface area contributed by atoms with E-state index in [1.165, 1.54) is 19.3 Å². The highest BCUT2D eigenvalue weighted by Gasteiger charge is 2.33. The summed E-state index contributed by atoms with van der Waals surface area (Å²) in [5.74, 6) is 0.168. The lowest BCUT2D eigenvalue weighted by Gasteiger charge is -2.34. The summed E-state index contributed by atoms with van der Waals surface area (Å²) in [6.07, 6.45) is 7.55. The Kier molecular flexibility index (Phi) is 12.0. The van der Waals surface area contributed by atoms with Crippen molar-refractivity contribution < 1.29 is 9.59 Å². The fourth-order valence-corrected chi connectivity index (χ4v) is 3.02. The highest BCUT2D eigenvalue weighted by Crippen LogP contribution is 2.23. The lowest BCUT2D eigenvalue weighted by Crippen LogP contribution is -2.52. The zero-order valence-electron chi connectivity index (χ0n) is 18.0. The number of nitrogens with two attached hydrogens (primary N) is 1. The molecule has 0 bridgehead atoms. The van der Waals surface area contributed by atoms with E-state index < -0.39 is 5.41 Å². The van der Waals surface area contributed by atoms with E-state index in [4.69, 9.17) is 5.73 Å². The Hall–Kier alpha value is -0.940.